The molecular formula is C31H28N2O4S2. The van der Waals surface area contributed by atoms with E-state index in [4.69, 9.17) is 14.5 Å². The van der Waals surface area contributed by atoms with Crippen LogP contribution in [0.25, 0.3) is 31.9 Å². The monoisotopic (exact) mass is 556 g/mol. The summed E-state index contributed by atoms with van der Waals surface area (Å²) in [6.07, 6.45) is 4.79. The first-order chi connectivity index (χ1) is 19.1. The van der Waals surface area contributed by atoms with Crippen molar-refractivity contribution in [1.29, 1.82) is 0 Å². The molecule has 0 bridgehead atoms. The van der Waals surface area contributed by atoms with E-state index in [-0.39, 0.29) is 11.7 Å². The zero-order chi connectivity index (χ0) is 26.8. The molecule has 0 unspecified atom stereocenters. The summed E-state index contributed by atoms with van der Waals surface area (Å²) in [5, 5.41) is 10.2. The lowest BCUT2D eigenvalue weighted by Gasteiger charge is -2.16. The van der Waals surface area contributed by atoms with Gasteiger partial charge in [0.1, 0.15) is 0 Å². The number of fused-ring (bicyclic) bond motifs is 1. The van der Waals surface area contributed by atoms with Gasteiger partial charge in [-0.25, -0.2) is 9.78 Å². The van der Waals surface area contributed by atoms with Crippen LogP contribution >= 0.6 is 23.1 Å². The molecule has 0 radical (unpaired) electrons. The van der Waals surface area contributed by atoms with Gasteiger partial charge in [0.25, 0.3) is 0 Å². The molecule has 0 saturated heterocycles. The molecule has 39 heavy (non-hydrogen) atoms. The molecule has 2 N–H and O–H groups in total. The first-order valence-electron chi connectivity index (χ1n) is 13.0. The van der Waals surface area contributed by atoms with E-state index < -0.39 is 5.97 Å². The van der Waals surface area contributed by atoms with E-state index in [1.54, 1.807) is 42.3 Å². The molecule has 198 valence electrons. The molecule has 6 rings (SSSR count). The van der Waals surface area contributed by atoms with E-state index in [1.165, 1.54) is 12.8 Å². The maximum absolute atomic E-state index is 11.4. The number of rotatable bonds is 9. The Kier molecular flexibility index (Phi) is 7.30. The van der Waals surface area contributed by atoms with Crippen molar-refractivity contribution in [3.63, 3.8) is 0 Å². The van der Waals surface area contributed by atoms with Crippen LogP contribution in [-0.2, 0) is 5.75 Å². The number of hydrogen-bond acceptors (Lipinski definition) is 6. The molecule has 1 aliphatic carbocycles. The van der Waals surface area contributed by atoms with E-state index in [0.29, 0.717) is 5.75 Å². The van der Waals surface area contributed by atoms with Gasteiger partial charge in [-0.1, -0.05) is 36.0 Å². The van der Waals surface area contributed by atoms with Crippen LogP contribution in [0.15, 0.2) is 78.0 Å². The second-order valence-electron chi connectivity index (χ2n) is 9.59. The Morgan fingerprint density at radius 2 is 1.79 bits per heavy atom. The van der Waals surface area contributed by atoms with Gasteiger partial charge in [-0.3, -0.25) is 0 Å². The Balaban J connectivity index is 1.34. The molecule has 6 nitrogen and oxygen atoms in total. The Morgan fingerprint density at radius 3 is 2.54 bits per heavy atom. The number of imidazole rings is 1. The zero-order valence-electron chi connectivity index (χ0n) is 21.5. The number of nitrogens with one attached hydrogen (secondary N) is 1. The molecule has 3 aromatic carbocycles. The number of aromatic nitrogens is 2. The molecule has 2 aromatic heterocycles. The van der Waals surface area contributed by atoms with Crippen molar-refractivity contribution in [2.75, 3.05) is 7.11 Å². The second-order valence-corrected chi connectivity index (χ2v) is 11.6. The number of thioether (sulfide) groups is 1. The minimum atomic E-state index is -0.929. The Labute approximate surface area is 235 Å². The molecule has 0 amide bonds. The van der Waals surface area contributed by atoms with Crippen LogP contribution < -0.4 is 9.47 Å². The summed E-state index contributed by atoms with van der Waals surface area (Å²) in [7, 11) is 1.67. The number of carbonyl (C=O) groups is 1. The number of benzene rings is 3. The standard InChI is InChI=1S/C31H28N2O4S2/c1-36-26-15-14-21(16-27(26)37-23-6-2-3-7-23)28-17-22(18-38-31-32-24-8-4-5-9-25(24)33-31)29(39-28)19-10-12-20(13-11-19)30(34)35/h4-5,8-17,23H,2-3,6-7,18H2,1H3,(H,32,33)(H,34,35). The first-order valence-corrected chi connectivity index (χ1v) is 14.8. The summed E-state index contributed by atoms with van der Waals surface area (Å²) < 4.78 is 12.0. The number of ether oxygens (including phenoxy) is 2. The predicted molar refractivity (Wildman–Crippen MR) is 157 cm³/mol. The van der Waals surface area contributed by atoms with Crippen LogP contribution in [0.3, 0.4) is 0 Å². The third-order valence-electron chi connectivity index (χ3n) is 6.98. The molecular weight excluding hydrogens is 528 g/mol. The summed E-state index contributed by atoms with van der Waals surface area (Å²) >= 11 is 3.35. The largest absolute Gasteiger partial charge is 0.493 e. The van der Waals surface area contributed by atoms with Gasteiger partial charge in [0.2, 0.25) is 0 Å². The van der Waals surface area contributed by atoms with Crippen molar-refractivity contribution in [3.8, 4) is 32.4 Å². The average Bonchev–Trinajstić information content (AvgIpc) is 3.71. The van der Waals surface area contributed by atoms with Crippen molar-refractivity contribution in [2.45, 2.75) is 42.7 Å². The molecule has 1 fully saturated rings. The fourth-order valence-corrected chi connectivity index (χ4v) is 7.08. The fourth-order valence-electron chi connectivity index (χ4n) is 4.94. The van der Waals surface area contributed by atoms with Gasteiger partial charge in [0.15, 0.2) is 16.7 Å². The number of aromatic amines is 1. The maximum Gasteiger partial charge on any atom is 0.335 e. The molecule has 2 heterocycles. The minimum absolute atomic E-state index is 0.233. The average molecular weight is 557 g/mol. The van der Waals surface area contributed by atoms with Gasteiger partial charge < -0.3 is 19.6 Å². The lowest BCUT2D eigenvalue weighted by molar-refractivity contribution is 0.0697. The summed E-state index contributed by atoms with van der Waals surface area (Å²) in [6, 6.07) is 23.5. The predicted octanol–water partition coefficient (Wildman–Crippen LogP) is 8.28. The van der Waals surface area contributed by atoms with Gasteiger partial charge in [-0.2, -0.15) is 0 Å². The highest BCUT2D eigenvalue weighted by molar-refractivity contribution is 7.98. The number of aromatic carboxylic acids is 1. The lowest BCUT2D eigenvalue weighted by Crippen LogP contribution is -2.11. The van der Waals surface area contributed by atoms with Gasteiger partial charge in [-0.15, -0.1) is 11.3 Å². The van der Waals surface area contributed by atoms with Crippen molar-refractivity contribution >= 4 is 40.1 Å². The smallest absolute Gasteiger partial charge is 0.335 e. The number of methoxy groups -OCH3 is 1. The van der Waals surface area contributed by atoms with Crippen molar-refractivity contribution in [2.24, 2.45) is 0 Å². The summed E-state index contributed by atoms with van der Waals surface area (Å²) in [5.74, 6) is 1.31. The highest BCUT2D eigenvalue weighted by Gasteiger charge is 2.20. The minimum Gasteiger partial charge on any atom is -0.493 e. The second kappa shape index (κ2) is 11.2. The van der Waals surface area contributed by atoms with Crippen molar-refractivity contribution in [3.05, 3.63) is 83.9 Å². The van der Waals surface area contributed by atoms with Crippen LogP contribution in [0.2, 0.25) is 0 Å². The van der Waals surface area contributed by atoms with Crippen LogP contribution in [0.4, 0.5) is 0 Å². The molecule has 1 saturated carbocycles. The quantitative estimate of drug-likeness (QED) is 0.178. The van der Waals surface area contributed by atoms with E-state index in [1.807, 2.05) is 42.5 Å². The molecule has 0 spiro atoms. The van der Waals surface area contributed by atoms with E-state index in [2.05, 4.69) is 23.2 Å². The van der Waals surface area contributed by atoms with Crippen LogP contribution in [0, 0.1) is 0 Å². The summed E-state index contributed by atoms with van der Waals surface area (Å²) in [4.78, 5) is 21.8. The van der Waals surface area contributed by atoms with E-state index in [0.717, 1.165) is 67.0 Å². The Bertz CT molecular complexity index is 1580. The number of nitrogens with zero attached hydrogens (tertiary/aromatic N) is 1. The number of thiophene rings is 1. The van der Waals surface area contributed by atoms with E-state index in [9.17, 15) is 9.90 Å². The molecule has 0 atom stereocenters. The van der Waals surface area contributed by atoms with Crippen molar-refractivity contribution < 1.29 is 19.4 Å². The van der Waals surface area contributed by atoms with Gasteiger partial charge >= 0.3 is 5.97 Å². The van der Waals surface area contributed by atoms with E-state index >= 15 is 0 Å². The van der Waals surface area contributed by atoms with Gasteiger partial charge in [-0.05, 0) is 90.9 Å². The van der Waals surface area contributed by atoms with Crippen LogP contribution in [-0.4, -0.2) is 34.3 Å². The third kappa shape index (κ3) is 5.53. The zero-order valence-corrected chi connectivity index (χ0v) is 23.1. The van der Waals surface area contributed by atoms with Gasteiger partial charge in [0, 0.05) is 15.5 Å². The number of carboxylic acid groups (broad SMARTS) is 1. The highest BCUT2D eigenvalue weighted by Crippen LogP contribution is 2.43. The Hall–Kier alpha value is -3.75. The topological polar surface area (TPSA) is 84.4 Å². The molecule has 1 aliphatic rings. The molecule has 8 heteroatoms. The summed E-state index contributed by atoms with van der Waals surface area (Å²) in [6.45, 7) is 0. The molecule has 0 aliphatic heterocycles. The fraction of sp³-hybridized carbons (Fsp3) is 0.226. The Morgan fingerprint density at radius 1 is 1.03 bits per heavy atom. The number of carboxylic acids is 1. The maximum atomic E-state index is 11.4. The SMILES string of the molecule is COc1ccc(-c2cc(CSc3nc4ccccc4[nH]3)c(-c3ccc(C(=O)O)cc3)s2)cc1OC1CCCC1. The van der Waals surface area contributed by atoms with Crippen LogP contribution in [0.1, 0.15) is 41.6 Å². The number of hydrogen-bond donors (Lipinski definition) is 2. The first kappa shape index (κ1) is 25.5. The van der Waals surface area contributed by atoms with Crippen LogP contribution in [0.5, 0.6) is 11.5 Å². The van der Waals surface area contributed by atoms with Crippen molar-refractivity contribution in [1.82, 2.24) is 9.97 Å². The number of H-pyrrole nitrogens is 1. The summed E-state index contributed by atoms with van der Waals surface area (Å²) in [5.41, 5.74) is 5.46. The molecule has 5 aromatic rings. The third-order valence-corrected chi connectivity index (χ3v) is 9.18. The highest BCUT2D eigenvalue weighted by atomic mass is 32.2. The lowest BCUT2D eigenvalue weighted by atomic mass is 10.1. The number of para-hydroxylation sites is 2. The normalized spacial score (nSPS) is 13.7. The van der Waals surface area contributed by atoms with Gasteiger partial charge in [0.05, 0.1) is 29.8 Å².